The van der Waals surface area contributed by atoms with Crippen LogP contribution in [0.3, 0.4) is 0 Å². The van der Waals surface area contributed by atoms with E-state index >= 15 is 0 Å². The maximum absolute atomic E-state index is 3.93. The topological polar surface area (TPSA) is 0 Å². The van der Waals surface area contributed by atoms with Gasteiger partial charge in [0, 0.05) is 0 Å². The fraction of sp³-hybridized carbons (Fsp3) is 0.462. The number of hydrogen-bond donors (Lipinski definition) is 0. The van der Waals surface area contributed by atoms with Gasteiger partial charge in [0.05, 0.1) is 0 Å². The van der Waals surface area contributed by atoms with Gasteiger partial charge in [-0.15, -0.1) is 0 Å². The fourth-order valence-electron chi connectivity index (χ4n) is 1.64. The molecule has 1 rings (SSSR count). The van der Waals surface area contributed by atoms with E-state index in [0.717, 1.165) is 12.3 Å². The van der Waals surface area contributed by atoms with E-state index in [1.54, 1.807) is 0 Å². The van der Waals surface area contributed by atoms with Gasteiger partial charge in [-0.05, 0) is 23.8 Å². The van der Waals surface area contributed by atoms with Crippen molar-refractivity contribution in [3.05, 3.63) is 42.8 Å². The first kappa shape index (κ1) is 10.3. The maximum Gasteiger partial charge on any atom is -0.0188 e. The van der Waals surface area contributed by atoms with Crippen molar-refractivity contribution in [3.8, 4) is 0 Å². The lowest BCUT2D eigenvalue weighted by atomic mass is 9.90. The summed E-state index contributed by atoms with van der Waals surface area (Å²) in [5, 5.41) is 0. The second-order valence-corrected chi connectivity index (χ2v) is 3.94. The quantitative estimate of drug-likeness (QED) is 0.648. The molecule has 1 radical (unpaired) electrons. The van der Waals surface area contributed by atoms with Crippen molar-refractivity contribution < 1.29 is 0 Å². The van der Waals surface area contributed by atoms with Crippen LogP contribution in [0.4, 0.5) is 0 Å². The second kappa shape index (κ2) is 5.06. The van der Waals surface area contributed by atoms with E-state index < -0.39 is 0 Å². The van der Waals surface area contributed by atoms with Crippen LogP contribution in [0.15, 0.2) is 30.3 Å². The molecule has 71 valence electrons. The Balaban J connectivity index is 2.53. The van der Waals surface area contributed by atoms with Crippen LogP contribution in [0.25, 0.3) is 0 Å². The zero-order valence-electron chi connectivity index (χ0n) is 8.66. The summed E-state index contributed by atoms with van der Waals surface area (Å²) < 4.78 is 0. The highest BCUT2D eigenvalue weighted by atomic mass is 14.1. The summed E-state index contributed by atoms with van der Waals surface area (Å²) in [6, 6.07) is 10.7. The van der Waals surface area contributed by atoms with E-state index in [2.05, 4.69) is 51.1 Å². The van der Waals surface area contributed by atoms with E-state index in [1.165, 1.54) is 12.0 Å². The van der Waals surface area contributed by atoms with Crippen molar-refractivity contribution >= 4 is 0 Å². The molecular formula is C13H19. The van der Waals surface area contributed by atoms with E-state index in [4.69, 9.17) is 0 Å². The molecule has 0 amide bonds. The summed E-state index contributed by atoms with van der Waals surface area (Å²) >= 11 is 0. The monoisotopic (exact) mass is 175 g/mol. The minimum Gasteiger partial charge on any atom is -0.0625 e. The van der Waals surface area contributed by atoms with Crippen LogP contribution in [-0.2, 0) is 0 Å². The van der Waals surface area contributed by atoms with Crippen molar-refractivity contribution in [3.63, 3.8) is 0 Å². The molecule has 0 heterocycles. The molecule has 2 unspecified atom stereocenters. The molecule has 13 heavy (non-hydrogen) atoms. The third-order valence-electron chi connectivity index (χ3n) is 2.62. The van der Waals surface area contributed by atoms with Crippen LogP contribution < -0.4 is 0 Å². The van der Waals surface area contributed by atoms with Gasteiger partial charge in [0.15, 0.2) is 0 Å². The van der Waals surface area contributed by atoms with Crippen molar-refractivity contribution in [2.45, 2.75) is 32.6 Å². The first-order valence-electron chi connectivity index (χ1n) is 5.08. The first-order chi connectivity index (χ1) is 6.24. The SMILES string of the molecule is [CH2]CC(C)CC(C)c1ccccc1. The van der Waals surface area contributed by atoms with Gasteiger partial charge in [0.25, 0.3) is 0 Å². The predicted octanol–water partition coefficient (Wildman–Crippen LogP) is 4.04. The first-order valence-corrected chi connectivity index (χ1v) is 5.08. The standard InChI is InChI=1S/C13H19/c1-4-11(2)10-12(3)13-8-6-5-7-9-13/h5-9,11-12H,1,4,10H2,2-3H3. The fourth-order valence-corrected chi connectivity index (χ4v) is 1.64. The highest BCUT2D eigenvalue weighted by Crippen LogP contribution is 2.23. The van der Waals surface area contributed by atoms with Crippen molar-refractivity contribution in [2.75, 3.05) is 0 Å². The number of rotatable bonds is 4. The third kappa shape index (κ3) is 3.22. The van der Waals surface area contributed by atoms with Crippen LogP contribution >= 0.6 is 0 Å². The summed E-state index contributed by atoms with van der Waals surface area (Å²) in [5.41, 5.74) is 1.45. The normalized spacial score (nSPS) is 15.3. The molecule has 0 nitrogen and oxygen atoms in total. The summed E-state index contributed by atoms with van der Waals surface area (Å²) in [6.07, 6.45) is 2.28. The Morgan fingerprint density at radius 3 is 2.31 bits per heavy atom. The van der Waals surface area contributed by atoms with E-state index in [1.807, 2.05) is 0 Å². The lowest BCUT2D eigenvalue weighted by Gasteiger charge is -2.15. The van der Waals surface area contributed by atoms with Crippen molar-refractivity contribution in [1.82, 2.24) is 0 Å². The summed E-state index contributed by atoms with van der Waals surface area (Å²) in [7, 11) is 0. The molecule has 0 aliphatic carbocycles. The molecule has 0 heteroatoms. The molecule has 0 aliphatic heterocycles. The molecule has 0 spiro atoms. The van der Waals surface area contributed by atoms with Gasteiger partial charge in [-0.3, -0.25) is 0 Å². The van der Waals surface area contributed by atoms with E-state index in [-0.39, 0.29) is 0 Å². The Morgan fingerprint density at radius 1 is 1.15 bits per heavy atom. The molecule has 1 aromatic carbocycles. The molecule has 1 aromatic rings. The minimum atomic E-state index is 0.665. The molecule has 0 bridgehead atoms. The molecule has 0 aromatic heterocycles. The van der Waals surface area contributed by atoms with Crippen LogP contribution in [0.2, 0.25) is 0 Å². The lowest BCUT2D eigenvalue weighted by molar-refractivity contribution is 0.488. The average Bonchev–Trinajstić information content (AvgIpc) is 2.19. The van der Waals surface area contributed by atoms with Gasteiger partial charge in [0.1, 0.15) is 0 Å². The maximum atomic E-state index is 3.93. The van der Waals surface area contributed by atoms with Crippen LogP contribution in [-0.4, -0.2) is 0 Å². The van der Waals surface area contributed by atoms with Crippen molar-refractivity contribution in [1.29, 1.82) is 0 Å². The Bertz CT molecular complexity index is 225. The molecule has 0 saturated carbocycles. The van der Waals surface area contributed by atoms with Gasteiger partial charge in [0.2, 0.25) is 0 Å². The van der Waals surface area contributed by atoms with Gasteiger partial charge >= 0.3 is 0 Å². The average molecular weight is 175 g/mol. The second-order valence-electron chi connectivity index (χ2n) is 3.94. The van der Waals surface area contributed by atoms with Crippen molar-refractivity contribution in [2.24, 2.45) is 5.92 Å². The molecule has 0 saturated heterocycles. The van der Waals surface area contributed by atoms with E-state index in [9.17, 15) is 0 Å². The highest BCUT2D eigenvalue weighted by Gasteiger charge is 2.08. The summed E-state index contributed by atoms with van der Waals surface area (Å²) in [6.45, 7) is 8.50. The number of benzene rings is 1. The Morgan fingerprint density at radius 2 is 1.77 bits per heavy atom. The highest BCUT2D eigenvalue weighted by molar-refractivity contribution is 5.18. The Hall–Kier alpha value is -0.780. The minimum absolute atomic E-state index is 0.665. The van der Waals surface area contributed by atoms with Gasteiger partial charge in [-0.25, -0.2) is 0 Å². The smallest absolute Gasteiger partial charge is 0.0188 e. The Kier molecular flexibility index (Phi) is 4.01. The molecule has 0 aliphatic rings. The molecule has 0 N–H and O–H groups in total. The molecule has 2 atom stereocenters. The van der Waals surface area contributed by atoms with Crippen LogP contribution in [0.1, 0.15) is 38.2 Å². The Labute approximate surface area is 82.0 Å². The predicted molar refractivity (Wildman–Crippen MR) is 58.6 cm³/mol. The van der Waals surface area contributed by atoms with Crippen LogP contribution in [0, 0.1) is 12.8 Å². The molecule has 0 fully saturated rings. The summed E-state index contributed by atoms with van der Waals surface area (Å²) in [4.78, 5) is 0. The zero-order chi connectivity index (χ0) is 9.68. The zero-order valence-corrected chi connectivity index (χ0v) is 8.66. The molecular weight excluding hydrogens is 156 g/mol. The van der Waals surface area contributed by atoms with Gasteiger partial charge in [-0.1, -0.05) is 57.5 Å². The van der Waals surface area contributed by atoms with E-state index in [0.29, 0.717) is 5.92 Å². The lowest BCUT2D eigenvalue weighted by Crippen LogP contribution is -2.00. The number of hydrogen-bond acceptors (Lipinski definition) is 0. The van der Waals surface area contributed by atoms with Gasteiger partial charge < -0.3 is 0 Å². The largest absolute Gasteiger partial charge is 0.0625 e. The third-order valence-corrected chi connectivity index (χ3v) is 2.62. The van der Waals surface area contributed by atoms with Crippen LogP contribution in [0.5, 0.6) is 0 Å². The van der Waals surface area contributed by atoms with Gasteiger partial charge in [-0.2, -0.15) is 0 Å². The summed E-state index contributed by atoms with van der Waals surface area (Å²) in [5.74, 6) is 1.40.